The Morgan fingerprint density at radius 3 is 1.64 bits per heavy atom. The molecule has 4 aromatic rings. The van der Waals surface area contributed by atoms with Gasteiger partial charge in [-0.2, -0.15) is 0 Å². The van der Waals surface area contributed by atoms with Crippen molar-refractivity contribution >= 4 is 101 Å². The third kappa shape index (κ3) is 6.70. The zero-order chi connectivity index (χ0) is 23.2. The fourth-order valence-corrected chi connectivity index (χ4v) is 9.35. The van der Waals surface area contributed by atoms with Crippen molar-refractivity contribution in [3.63, 3.8) is 0 Å². The van der Waals surface area contributed by atoms with E-state index in [1.165, 1.54) is 21.8 Å². The molecule has 0 N–H and O–H groups in total. The first-order chi connectivity index (χ1) is 16.0. The van der Waals surface area contributed by atoms with Crippen molar-refractivity contribution < 1.29 is 9.47 Å². The molecule has 0 aromatic heterocycles. The van der Waals surface area contributed by atoms with E-state index in [9.17, 15) is 0 Å². The van der Waals surface area contributed by atoms with Crippen LogP contribution in [-0.2, 0) is 10.9 Å². The van der Waals surface area contributed by atoms with Gasteiger partial charge < -0.3 is 9.47 Å². The summed E-state index contributed by atoms with van der Waals surface area (Å²) in [6, 6.07) is 32.0. The predicted octanol–water partition coefficient (Wildman–Crippen LogP) is 8.66. The highest BCUT2D eigenvalue weighted by atomic mass is 127. The summed E-state index contributed by atoms with van der Waals surface area (Å²) in [6.07, 6.45) is 0. The molecule has 4 rings (SSSR count). The molecule has 0 radical (unpaired) electrons. The highest BCUT2D eigenvalue weighted by Crippen LogP contribution is 2.34. The Balaban J connectivity index is 1.42. The topological polar surface area (TPSA) is 18.5 Å². The molecule has 0 spiro atoms. The molecule has 0 aliphatic heterocycles. The Bertz CT molecular complexity index is 1160. The van der Waals surface area contributed by atoms with Gasteiger partial charge in [0.25, 0.3) is 0 Å². The van der Waals surface area contributed by atoms with E-state index in [-0.39, 0.29) is 10.9 Å². The molecule has 0 aliphatic rings. The van der Waals surface area contributed by atoms with E-state index < -0.39 is 0 Å². The average molecular weight is 903 g/mol. The van der Waals surface area contributed by atoms with Crippen LogP contribution in [0.4, 0.5) is 0 Å². The summed E-state index contributed by atoms with van der Waals surface area (Å²) < 4.78 is 16.8. The van der Waals surface area contributed by atoms with Crippen molar-refractivity contribution in [1.82, 2.24) is 0 Å². The number of halogens is 4. The first kappa shape index (κ1) is 25.8. The van der Waals surface area contributed by atoms with Gasteiger partial charge in [-0.1, -0.05) is 36.4 Å². The lowest BCUT2D eigenvalue weighted by Crippen LogP contribution is -2.11. The lowest BCUT2D eigenvalue weighted by Gasteiger charge is -2.13. The number of rotatable bonds is 8. The van der Waals surface area contributed by atoms with Gasteiger partial charge in [-0.3, -0.25) is 0 Å². The van der Waals surface area contributed by atoms with Crippen molar-refractivity contribution in [1.29, 1.82) is 0 Å². The van der Waals surface area contributed by atoms with Crippen molar-refractivity contribution in [2.24, 2.45) is 0 Å². The van der Waals surface area contributed by atoms with Crippen LogP contribution >= 0.6 is 90.4 Å². The highest BCUT2D eigenvalue weighted by molar-refractivity contribution is 14.1. The van der Waals surface area contributed by atoms with E-state index in [4.69, 9.17) is 9.47 Å². The maximum absolute atomic E-state index is 6.06. The van der Waals surface area contributed by atoms with Crippen LogP contribution in [-0.4, -0.2) is 13.2 Å². The average Bonchev–Trinajstić information content (AvgIpc) is 2.84. The van der Waals surface area contributed by atoms with Crippen molar-refractivity contribution in [3.8, 4) is 11.5 Å². The van der Waals surface area contributed by atoms with Crippen molar-refractivity contribution in [2.45, 2.75) is 14.7 Å². The van der Waals surface area contributed by atoms with E-state index in [1.54, 1.807) is 0 Å². The Hall–Kier alpha value is -0.250. The second kappa shape index (κ2) is 12.6. The molecular formula is C26H19I4O2S+. The van der Waals surface area contributed by atoms with E-state index in [0.29, 0.717) is 13.2 Å². The van der Waals surface area contributed by atoms with Crippen molar-refractivity contribution in [3.05, 3.63) is 105 Å². The Labute approximate surface area is 252 Å². The second-order valence-corrected chi connectivity index (χ2v) is 13.4. The van der Waals surface area contributed by atoms with Gasteiger partial charge in [-0.25, -0.2) is 0 Å². The van der Waals surface area contributed by atoms with Gasteiger partial charge in [0.1, 0.15) is 24.7 Å². The maximum atomic E-state index is 6.06. The molecule has 0 saturated heterocycles. The van der Waals surface area contributed by atoms with Crippen LogP contribution in [0.25, 0.3) is 0 Å². The molecule has 0 atom stereocenters. The molecule has 2 nitrogen and oxygen atoms in total. The Morgan fingerprint density at radius 2 is 1.06 bits per heavy atom. The van der Waals surface area contributed by atoms with Crippen LogP contribution in [0, 0.1) is 14.3 Å². The van der Waals surface area contributed by atoms with Crippen LogP contribution in [0.2, 0.25) is 0 Å². The van der Waals surface area contributed by atoms with Gasteiger partial charge in [0.05, 0.1) is 18.0 Å². The minimum absolute atomic E-state index is 0.148. The standard InChI is InChI=1S/C26H19I4O2S/c27-22-17-23(28)26(25(30)24(22)29)32-16-15-31-18-11-13-21(14-12-18)33(19-7-3-1-4-8-19)20-9-5-2-6-10-20/h1-14,17H,15-16H2/q+1. The summed E-state index contributed by atoms with van der Waals surface area (Å²) in [5.41, 5.74) is 0. The molecule has 0 bridgehead atoms. The van der Waals surface area contributed by atoms with E-state index >= 15 is 0 Å². The largest absolute Gasteiger partial charge is 0.490 e. The van der Waals surface area contributed by atoms with Gasteiger partial charge in [0, 0.05) is 7.14 Å². The third-order valence-corrected chi connectivity index (χ3v) is 12.8. The smallest absolute Gasteiger partial charge is 0.166 e. The molecule has 4 aromatic carbocycles. The lowest BCUT2D eigenvalue weighted by atomic mass is 10.3. The molecule has 33 heavy (non-hydrogen) atoms. The summed E-state index contributed by atoms with van der Waals surface area (Å²) in [5.74, 6) is 1.79. The first-order valence-corrected chi connectivity index (χ1v) is 15.6. The van der Waals surface area contributed by atoms with Crippen LogP contribution in [0.5, 0.6) is 11.5 Å². The molecule has 0 amide bonds. The summed E-state index contributed by atoms with van der Waals surface area (Å²) in [7, 11) is -0.148. The Morgan fingerprint density at radius 1 is 0.545 bits per heavy atom. The maximum Gasteiger partial charge on any atom is 0.166 e. The quantitative estimate of drug-likeness (QED) is 0.0580. The fourth-order valence-electron chi connectivity index (χ4n) is 3.18. The molecular weight excluding hydrogens is 884 g/mol. The summed E-state index contributed by atoms with van der Waals surface area (Å²) >= 11 is 9.42. The molecule has 0 heterocycles. The number of ether oxygens (including phenoxy) is 2. The lowest BCUT2D eigenvalue weighted by molar-refractivity contribution is 0.215. The van der Waals surface area contributed by atoms with Gasteiger partial charge in [0.15, 0.2) is 14.7 Å². The molecule has 0 aliphatic carbocycles. The zero-order valence-electron chi connectivity index (χ0n) is 17.3. The number of benzene rings is 4. The monoisotopic (exact) mass is 903 g/mol. The Kier molecular flexibility index (Phi) is 9.89. The minimum atomic E-state index is -0.148. The van der Waals surface area contributed by atoms with Gasteiger partial charge in [-0.05, 0) is 145 Å². The first-order valence-electron chi connectivity index (χ1n) is 10.1. The minimum Gasteiger partial charge on any atom is -0.490 e. The normalized spacial score (nSPS) is 10.9. The van der Waals surface area contributed by atoms with Gasteiger partial charge in [-0.15, -0.1) is 0 Å². The van der Waals surface area contributed by atoms with E-state index in [1.807, 2.05) is 0 Å². The third-order valence-electron chi connectivity index (χ3n) is 4.69. The summed E-state index contributed by atoms with van der Waals surface area (Å²) in [6.45, 7) is 1.000. The second-order valence-electron chi connectivity index (χ2n) is 6.90. The van der Waals surface area contributed by atoms with Crippen molar-refractivity contribution in [2.75, 3.05) is 13.2 Å². The summed E-state index contributed by atoms with van der Waals surface area (Å²) in [4.78, 5) is 3.89. The summed E-state index contributed by atoms with van der Waals surface area (Å²) in [5, 5.41) is 0. The van der Waals surface area contributed by atoms with E-state index in [2.05, 4.69) is 181 Å². The molecule has 7 heteroatoms. The fraction of sp³-hybridized carbons (Fsp3) is 0.0769. The predicted molar refractivity (Wildman–Crippen MR) is 170 cm³/mol. The zero-order valence-corrected chi connectivity index (χ0v) is 26.8. The van der Waals surface area contributed by atoms with Gasteiger partial charge >= 0.3 is 0 Å². The number of hydrogen-bond acceptors (Lipinski definition) is 2. The number of hydrogen-bond donors (Lipinski definition) is 0. The SMILES string of the molecule is Ic1cc(I)c(OCCOc2ccc([S+](c3ccccc3)c3ccccc3)cc2)c(I)c1I. The van der Waals surface area contributed by atoms with Gasteiger partial charge in [0.2, 0.25) is 0 Å². The van der Waals surface area contributed by atoms with Crippen LogP contribution in [0.15, 0.2) is 106 Å². The van der Waals surface area contributed by atoms with E-state index in [0.717, 1.165) is 18.6 Å². The molecule has 0 fully saturated rings. The molecule has 0 saturated carbocycles. The van der Waals surface area contributed by atoms with Crippen LogP contribution in [0.1, 0.15) is 0 Å². The van der Waals surface area contributed by atoms with Crippen LogP contribution < -0.4 is 9.47 Å². The highest BCUT2D eigenvalue weighted by Gasteiger charge is 2.28. The molecule has 0 unspecified atom stereocenters. The molecule has 168 valence electrons. The van der Waals surface area contributed by atoms with Crippen LogP contribution in [0.3, 0.4) is 0 Å².